The van der Waals surface area contributed by atoms with Crippen LogP contribution < -0.4 is 0 Å². The number of rotatable bonds is 3. The summed E-state index contributed by atoms with van der Waals surface area (Å²) in [7, 11) is 0. The van der Waals surface area contributed by atoms with Crippen LogP contribution in [0.15, 0.2) is 24.3 Å². The van der Waals surface area contributed by atoms with Gasteiger partial charge in [0.15, 0.2) is 0 Å². The lowest BCUT2D eigenvalue weighted by molar-refractivity contribution is -0.139. The molecule has 0 bridgehead atoms. The highest BCUT2D eigenvalue weighted by Gasteiger charge is 2.15. The quantitative estimate of drug-likeness (QED) is 0.701. The number of carboxylic acids is 1. The minimum Gasteiger partial charge on any atom is -0.481 e. The molecule has 1 heterocycles. The van der Waals surface area contributed by atoms with Gasteiger partial charge in [-0.15, -0.1) is 0 Å². The second-order valence-corrected chi connectivity index (χ2v) is 3.25. The van der Waals surface area contributed by atoms with E-state index in [-0.39, 0.29) is 6.42 Å². The summed E-state index contributed by atoms with van der Waals surface area (Å²) in [6.45, 7) is 0. The Hall–Kier alpha value is -1.88. The molecule has 1 atom stereocenters. The standard InChI is InChI=1S/C10H10N2O3/c13-8(5-9(14)15)10-11-6-3-1-2-4-7(6)12-10/h1-4,8,13H,5H2,(H,11,12)(H,14,15). The summed E-state index contributed by atoms with van der Waals surface area (Å²) in [4.78, 5) is 17.4. The molecule has 0 amide bonds. The molecular formula is C10H10N2O3. The summed E-state index contributed by atoms with van der Waals surface area (Å²) in [5, 5.41) is 18.0. The summed E-state index contributed by atoms with van der Waals surface area (Å²) < 4.78 is 0. The molecule has 0 aliphatic heterocycles. The van der Waals surface area contributed by atoms with Crippen molar-refractivity contribution in [2.75, 3.05) is 0 Å². The van der Waals surface area contributed by atoms with Gasteiger partial charge in [-0.25, -0.2) is 4.98 Å². The largest absolute Gasteiger partial charge is 0.481 e. The van der Waals surface area contributed by atoms with E-state index in [9.17, 15) is 9.90 Å². The second-order valence-electron chi connectivity index (χ2n) is 3.25. The van der Waals surface area contributed by atoms with E-state index in [2.05, 4.69) is 9.97 Å². The molecule has 0 aliphatic rings. The van der Waals surface area contributed by atoms with Crippen LogP contribution >= 0.6 is 0 Å². The Labute approximate surface area is 85.4 Å². The van der Waals surface area contributed by atoms with Gasteiger partial charge in [0.05, 0.1) is 17.5 Å². The van der Waals surface area contributed by atoms with Crippen molar-refractivity contribution in [3.63, 3.8) is 0 Å². The number of aromatic nitrogens is 2. The fraction of sp³-hybridized carbons (Fsp3) is 0.200. The molecule has 0 fully saturated rings. The lowest BCUT2D eigenvalue weighted by Gasteiger charge is -2.02. The zero-order chi connectivity index (χ0) is 10.8. The molecule has 5 nitrogen and oxygen atoms in total. The van der Waals surface area contributed by atoms with Gasteiger partial charge in [0.1, 0.15) is 11.9 Å². The van der Waals surface area contributed by atoms with Gasteiger partial charge < -0.3 is 15.2 Å². The van der Waals surface area contributed by atoms with Crippen molar-refractivity contribution >= 4 is 17.0 Å². The Morgan fingerprint density at radius 3 is 2.87 bits per heavy atom. The first-order valence-electron chi connectivity index (χ1n) is 4.51. The second kappa shape index (κ2) is 3.70. The summed E-state index contributed by atoms with van der Waals surface area (Å²) in [5.41, 5.74) is 1.51. The van der Waals surface area contributed by atoms with Crippen LogP contribution in [-0.4, -0.2) is 26.2 Å². The zero-order valence-corrected chi connectivity index (χ0v) is 7.84. The Morgan fingerprint density at radius 2 is 2.20 bits per heavy atom. The molecule has 1 aromatic carbocycles. The predicted molar refractivity (Wildman–Crippen MR) is 53.3 cm³/mol. The van der Waals surface area contributed by atoms with Crippen LogP contribution in [0, 0.1) is 0 Å². The number of benzene rings is 1. The maximum absolute atomic E-state index is 10.4. The number of aliphatic hydroxyl groups is 1. The summed E-state index contributed by atoms with van der Waals surface area (Å²) in [6.07, 6.45) is -1.44. The first-order valence-corrected chi connectivity index (χ1v) is 4.51. The first kappa shape index (κ1) is 9.67. The van der Waals surface area contributed by atoms with Gasteiger partial charge in [0, 0.05) is 0 Å². The third-order valence-electron chi connectivity index (χ3n) is 2.09. The van der Waals surface area contributed by atoms with E-state index in [1.165, 1.54) is 0 Å². The van der Waals surface area contributed by atoms with Gasteiger partial charge in [-0.1, -0.05) is 12.1 Å². The van der Waals surface area contributed by atoms with Gasteiger partial charge in [-0.05, 0) is 12.1 Å². The van der Waals surface area contributed by atoms with Crippen molar-refractivity contribution in [3.05, 3.63) is 30.1 Å². The minimum absolute atomic E-state index is 0.290. The number of carboxylic acid groups (broad SMARTS) is 1. The summed E-state index contributed by atoms with van der Waals surface area (Å²) >= 11 is 0. The molecule has 3 N–H and O–H groups in total. The van der Waals surface area contributed by atoms with Crippen LogP contribution in [0.2, 0.25) is 0 Å². The molecule has 5 heteroatoms. The molecule has 78 valence electrons. The van der Waals surface area contributed by atoms with Crippen molar-refractivity contribution in [1.29, 1.82) is 0 Å². The third-order valence-corrected chi connectivity index (χ3v) is 2.09. The van der Waals surface area contributed by atoms with E-state index in [0.717, 1.165) is 11.0 Å². The Balaban J connectivity index is 2.32. The molecule has 0 saturated heterocycles. The van der Waals surface area contributed by atoms with Crippen molar-refractivity contribution in [2.24, 2.45) is 0 Å². The predicted octanol–water partition coefficient (Wildman–Crippen LogP) is 1.07. The Kier molecular flexibility index (Phi) is 2.39. The van der Waals surface area contributed by atoms with Crippen LogP contribution in [0.1, 0.15) is 18.3 Å². The number of fused-ring (bicyclic) bond motifs is 1. The number of aromatic amines is 1. The molecule has 2 rings (SSSR count). The van der Waals surface area contributed by atoms with Crippen LogP contribution in [0.3, 0.4) is 0 Å². The Bertz CT molecular complexity index is 459. The van der Waals surface area contributed by atoms with Gasteiger partial charge in [0.2, 0.25) is 0 Å². The van der Waals surface area contributed by atoms with Crippen LogP contribution in [-0.2, 0) is 4.79 Å². The van der Waals surface area contributed by atoms with Gasteiger partial charge in [0.25, 0.3) is 0 Å². The molecule has 0 spiro atoms. The first-order chi connectivity index (χ1) is 7.16. The lowest BCUT2D eigenvalue weighted by atomic mass is 10.2. The number of nitrogens with one attached hydrogen (secondary N) is 1. The van der Waals surface area contributed by atoms with Gasteiger partial charge in [-0.3, -0.25) is 4.79 Å². The maximum atomic E-state index is 10.4. The topological polar surface area (TPSA) is 86.2 Å². The normalized spacial score (nSPS) is 12.9. The van der Waals surface area contributed by atoms with E-state index >= 15 is 0 Å². The monoisotopic (exact) mass is 206 g/mol. The van der Waals surface area contributed by atoms with Gasteiger partial charge >= 0.3 is 5.97 Å². The van der Waals surface area contributed by atoms with Crippen LogP contribution in [0.25, 0.3) is 11.0 Å². The van der Waals surface area contributed by atoms with Crippen molar-refractivity contribution < 1.29 is 15.0 Å². The number of H-pyrrole nitrogens is 1. The van der Waals surface area contributed by atoms with Crippen molar-refractivity contribution in [3.8, 4) is 0 Å². The molecule has 0 radical (unpaired) electrons. The molecule has 1 unspecified atom stereocenters. The zero-order valence-electron chi connectivity index (χ0n) is 7.84. The molecular weight excluding hydrogens is 196 g/mol. The fourth-order valence-electron chi connectivity index (χ4n) is 1.39. The molecule has 1 aromatic heterocycles. The minimum atomic E-state index is -1.09. The number of para-hydroxylation sites is 2. The van der Waals surface area contributed by atoms with E-state index in [1.54, 1.807) is 6.07 Å². The number of nitrogens with zero attached hydrogens (tertiary/aromatic N) is 1. The van der Waals surface area contributed by atoms with Gasteiger partial charge in [-0.2, -0.15) is 0 Å². The molecule has 2 aromatic rings. The average Bonchev–Trinajstić information content (AvgIpc) is 2.59. The van der Waals surface area contributed by atoms with Crippen molar-refractivity contribution in [2.45, 2.75) is 12.5 Å². The number of aliphatic carboxylic acids is 1. The number of imidazole rings is 1. The number of aliphatic hydroxyl groups excluding tert-OH is 1. The Morgan fingerprint density at radius 1 is 1.47 bits per heavy atom. The van der Waals surface area contributed by atoms with Crippen LogP contribution in [0.4, 0.5) is 0 Å². The van der Waals surface area contributed by atoms with Crippen molar-refractivity contribution in [1.82, 2.24) is 9.97 Å². The molecule has 0 saturated carbocycles. The fourth-order valence-corrected chi connectivity index (χ4v) is 1.39. The summed E-state index contributed by atoms with van der Waals surface area (Å²) in [6, 6.07) is 7.28. The number of hydrogen-bond donors (Lipinski definition) is 3. The molecule has 0 aliphatic carbocycles. The number of carbonyl (C=O) groups is 1. The third kappa shape index (κ3) is 1.97. The highest BCUT2D eigenvalue weighted by Crippen LogP contribution is 2.17. The van der Waals surface area contributed by atoms with E-state index in [4.69, 9.17) is 5.11 Å². The van der Waals surface area contributed by atoms with E-state index in [1.807, 2.05) is 18.2 Å². The summed E-state index contributed by atoms with van der Waals surface area (Å²) in [5.74, 6) is -0.762. The maximum Gasteiger partial charge on any atom is 0.306 e. The SMILES string of the molecule is O=C(O)CC(O)c1nc2ccccc2[nH]1. The van der Waals surface area contributed by atoms with E-state index < -0.39 is 12.1 Å². The highest BCUT2D eigenvalue weighted by atomic mass is 16.4. The lowest BCUT2D eigenvalue weighted by Crippen LogP contribution is -2.06. The highest BCUT2D eigenvalue weighted by molar-refractivity contribution is 5.75. The van der Waals surface area contributed by atoms with E-state index in [0.29, 0.717) is 5.82 Å². The average molecular weight is 206 g/mol. The molecule has 15 heavy (non-hydrogen) atoms. The van der Waals surface area contributed by atoms with Crippen LogP contribution in [0.5, 0.6) is 0 Å². The number of hydrogen-bond acceptors (Lipinski definition) is 3. The smallest absolute Gasteiger partial charge is 0.306 e.